The molecule has 1 aliphatic rings. The Morgan fingerprint density at radius 1 is 0.433 bits per heavy atom. The summed E-state index contributed by atoms with van der Waals surface area (Å²) < 4.78 is 0. The first-order chi connectivity index (χ1) is 14.8. The van der Waals surface area contributed by atoms with Crippen LogP contribution in [0.3, 0.4) is 0 Å². The molecule has 0 aliphatic heterocycles. The number of allylic oxidation sites excluding steroid dienone is 3. The van der Waals surface area contributed by atoms with Crippen molar-refractivity contribution in [2.24, 2.45) is 5.73 Å². The minimum atomic E-state index is 0.0130. The Labute approximate surface area is 177 Å². The molecule has 2 N–H and O–H groups in total. The van der Waals surface area contributed by atoms with Crippen molar-refractivity contribution in [2.75, 3.05) is 0 Å². The van der Waals surface area contributed by atoms with Crippen LogP contribution in [0.5, 0.6) is 0 Å². The Morgan fingerprint density at radius 2 is 0.833 bits per heavy atom. The minimum Gasteiger partial charge on any atom is -0.401 e. The lowest BCUT2D eigenvalue weighted by atomic mass is 9.85. The zero-order chi connectivity index (χ0) is 20.3. The van der Waals surface area contributed by atoms with Crippen LogP contribution in [0.25, 0.3) is 16.7 Å². The van der Waals surface area contributed by atoms with Crippen molar-refractivity contribution in [1.82, 2.24) is 0 Å². The molecule has 5 rings (SSSR count). The Morgan fingerprint density at radius 3 is 1.33 bits per heavy atom. The van der Waals surface area contributed by atoms with Gasteiger partial charge < -0.3 is 5.73 Å². The van der Waals surface area contributed by atoms with E-state index in [2.05, 4.69) is 115 Å². The molecule has 144 valence electrons. The fraction of sp³-hybridized carbons (Fsp3) is 0.0345. The van der Waals surface area contributed by atoms with Gasteiger partial charge in [-0.15, -0.1) is 0 Å². The normalized spacial score (nSPS) is 16.2. The lowest BCUT2D eigenvalue weighted by Crippen LogP contribution is -2.10. The highest BCUT2D eigenvalue weighted by molar-refractivity contribution is 6.21. The molecule has 0 spiro atoms. The van der Waals surface area contributed by atoms with E-state index < -0.39 is 0 Å². The molecule has 1 unspecified atom stereocenters. The summed E-state index contributed by atoms with van der Waals surface area (Å²) in [7, 11) is 0. The molecule has 30 heavy (non-hydrogen) atoms. The highest BCUT2D eigenvalue weighted by atomic mass is 14.6. The highest BCUT2D eigenvalue weighted by Crippen LogP contribution is 2.53. The second-order valence-electron chi connectivity index (χ2n) is 7.56. The molecule has 1 heteroatoms. The van der Waals surface area contributed by atoms with E-state index in [4.69, 9.17) is 5.73 Å². The van der Waals surface area contributed by atoms with Crippen LogP contribution in [-0.4, -0.2) is 0 Å². The van der Waals surface area contributed by atoms with Crippen LogP contribution in [0.15, 0.2) is 127 Å². The van der Waals surface area contributed by atoms with Crippen molar-refractivity contribution in [3.05, 3.63) is 149 Å². The van der Waals surface area contributed by atoms with Crippen molar-refractivity contribution < 1.29 is 0 Å². The number of nitrogens with two attached hydrogens (primary N) is 1. The predicted molar refractivity (Wildman–Crippen MR) is 126 cm³/mol. The number of benzene rings is 4. The molecule has 1 aliphatic carbocycles. The van der Waals surface area contributed by atoms with Crippen molar-refractivity contribution in [1.29, 1.82) is 0 Å². The molecule has 0 saturated heterocycles. The second kappa shape index (κ2) is 7.88. The maximum absolute atomic E-state index is 6.98. The SMILES string of the molecule is NC1=C(c2ccccc2)C(c2ccccc2)=C(c2ccccc2)C1c1ccccc1. The zero-order valence-electron chi connectivity index (χ0n) is 16.7. The maximum atomic E-state index is 6.98. The van der Waals surface area contributed by atoms with E-state index in [1.54, 1.807) is 0 Å². The monoisotopic (exact) mass is 385 g/mol. The molecule has 4 aromatic carbocycles. The third-order valence-corrected chi connectivity index (χ3v) is 5.75. The van der Waals surface area contributed by atoms with Crippen molar-refractivity contribution in [3.63, 3.8) is 0 Å². The lowest BCUT2D eigenvalue weighted by Gasteiger charge is -2.19. The number of hydrogen-bond donors (Lipinski definition) is 1. The Hall–Kier alpha value is -3.84. The van der Waals surface area contributed by atoms with E-state index in [1.165, 1.54) is 27.8 Å². The first-order valence-corrected chi connectivity index (χ1v) is 10.3. The molecule has 0 amide bonds. The van der Waals surface area contributed by atoms with Gasteiger partial charge in [-0.2, -0.15) is 0 Å². The molecule has 4 aromatic rings. The molecular weight excluding hydrogens is 362 g/mol. The lowest BCUT2D eigenvalue weighted by molar-refractivity contribution is 1.01. The molecule has 0 bridgehead atoms. The first kappa shape index (κ1) is 18.2. The van der Waals surface area contributed by atoms with E-state index in [9.17, 15) is 0 Å². The average Bonchev–Trinajstić information content (AvgIpc) is 3.14. The third kappa shape index (κ3) is 3.15. The quantitative estimate of drug-likeness (QED) is 0.412. The van der Waals surface area contributed by atoms with Crippen LogP contribution in [0, 0.1) is 0 Å². The van der Waals surface area contributed by atoms with E-state index >= 15 is 0 Å². The Bertz CT molecular complexity index is 1200. The largest absolute Gasteiger partial charge is 0.401 e. The van der Waals surface area contributed by atoms with Gasteiger partial charge in [-0.3, -0.25) is 0 Å². The first-order valence-electron chi connectivity index (χ1n) is 10.3. The van der Waals surface area contributed by atoms with Crippen LogP contribution < -0.4 is 5.73 Å². The van der Waals surface area contributed by atoms with Crippen LogP contribution in [0.4, 0.5) is 0 Å². The molecule has 1 atom stereocenters. The zero-order valence-corrected chi connectivity index (χ0v) is 16.7. The Kier molecular flexibility index (Phi) is 4.78. The van der Waals surface area contributed by atoms with E-state index in [1.807, 2.05) is 6.07 Å². The van der Waals surface area contributed by atoms with Gasteiger partial charge in [-0.1, -0.05) is 121 Å². The molecule has 0 saturated carbocycles. The summed E-state index contributed by atoms with van der Waals surface area (Å²) in [6.07, 6.45) is 0. The third-order valence-electron chi connectivity index (χ3n) is 5.75. The Balaban J connectivity index is 1.86. The molecule has 1 nitrogen and oxygen atoms in total. The van der Waals surface area contributed by atoms with Gasteiger partial charge >= 0.3 is 0 Å². The second-order valence-corrected chi connectivity index (χ2v) is 7.56. The summed E-state index contributed by atoms with van der Waals surface area (Å²) in [6, 6.07) is 42.4. The predicted octanol–water partition coefficient (Wildman–Crippen LogP) is 6.76. The fourth-order valence-corrected chi connectivity index (χ4v) is 4.46. The molecule has 0 fully saturated rings. The van der Waals surface area contributed by atoms with E-state index in [0.717, 1.165) is 16.8 Å². The van der Waals surface area contributed by atoms with Crippen molar-refractivity contribution >= 4 is 16.7 Å². The maximum Gasteiger partial charge on any atom is 0.0504 e. The summed E-state index contributed by atoms with van der Waals surface area (Å²) >= 11 is 0. The topological polar surface area (TPSA) is 26.0 Å². The van der Waals surface area contributed by atoms with E-state index in [0.29, 0.717) is 0 Å². The van der Waals surface area contributed by atoms with E-state index in [-0.39, 0.29) is 5.92 Å². The van der Waals surface area contributed by atoms with Gasteiger partial charge in [0.05, 0.1) is 5.92 Å². The number of rotatable bonds is 4. The van der Waals surface area contributed by atoms with Gasteiger partial charge in [0.25, 0.3) is 0 Å². The summed E-state index contributed by atoms with van der Waals surface area (Å²) in [4.78, 5) is 0. The summed E-state index contributed by atoms with van der Waals surface area (Å²) in [5, 5.41) is 0. The minimum absolute atomic E-state index is 0.0130. The van der Waals surface area contributed by atoms with Crippen LogP contribution in [-0.2, 0) is 0 Å². The van der Waals surface area contributed by atoms with Crippen molar-refractivity contribution in [2.45, 2.75) is 5.92 Å². The van der Waals surface area contributed by atoms with Gasteiger partial charge in [0, 0.05) is 11.3 Å². The summed E-state index contributed by atoms with van der Waals surface area (Å²) in [5.74, 6) is 0.0130. The summed E-state index contributed by atoms with van der Waals surface area (Å²) in [5.41, 5.74) is 16.3. The molecular formula is C29H23N. The van der Waals surface area contributed by atoms with Crippen LogP contribution >= 0.6 is 0 Å². The van der Waals surface area contributed by atoms with Gasteiger partial charge in [0.1, 0.15) is 0 Å². The van der Waals surface area contributed by atoms with Gasteiger partial charge in [0.15, 0.2) is 0 Å². The highest BCUT2D eigenvalue weighted by Gasteiger charge is 2.35. The fourth-order valence-electron chi connectivity index (χ4n) is 4.46. The standard InChI is InChI=1S/C29H23N/c30-29-27(23-17-9-3-10-18-23)25(21-13-5-1-6-14-21)26(22-15-7-2-8-16-22)28(29)24-19-11-4-12-20-24/h1-20,27H,30H2. The van der Waals surface area contributed by atoms with Crippen LogP contribution in [0.2, 0.25) is 0 Å². The smallest absolute Gasteiger partial charge is 0.0504 e. The van der Waals surface area contributed by atoms with Crippen LogP contribution in [0.1, 0.15) is 28.2 Å². The van der Waals surface area contributed by atoms with Gasteiger partial charge in [0.2, 0.25) is 0 Å². The number of hydrogen-bond acceptors (Lipinski definition) is 1. The molecule has 0 heterocycles. The van der Waals surface area contributed by atoms with Gasteiger partial charge in [-0.05, 0) is 33.4 Å². The van der Waals surface area contributed by atoms with Crippen molar-refractivity contribution in [3.8, 4) is 0 Å². The summed E-state index contributed by atoms with van der Waals surface area (Å²) in [6.45, 7) is 0. The van der Waals surface area contributed by atoms with Gasteiger partial charge in [-0.25, -0.2) is 0 Å². The molecule has 0 radical (unpaired) electrons. The average molecular weight is 386 g/mol. The molecule has 0 aromatic heterocycles.